The molecule has 1 aromatic carbocycles. The SMILES string of the molecule is CCCCC1CCC(C(=O)NCC#Cc2ccccc2Cl)CC1. The third kappa shape index (κ3) is 5.92. The van der Waals surface area contributed by atoms with Crippen LogP contribution in [0.3, 0.4) is 0 Å². The monoisotopic (exact) mass is 331 g/mol. The maximum atomic E-state index is 12.2. The minimum Gasteiger partial charge on any atom is -0.345 e. The van der Waals surface area contributed by atoms with Crippen LogP contribution in [0.25, 0.3) is 0 Å². The smallest absolute Gasteiger partial charge is 0.223 e. The van der Waals surface area contributed by atoms with Gasteiger partial charge in [-0.15, -0.1) is 0 Å². The summed E-state index contributed by atoms with van der Waals surface area (Å²) in [6, 6.07) is 7.49. The molecule has 1 aliphatic rings. The summed E-state index contributed by atoms with van der Waals surface area (Å²) in [7, 11) is 0. The van der Waals surface area contributed by atoms with E-state index in [9.17, 15) is 4.79 Å². The van der Waals surface area contributed by atoms with Crippen molar-refractivity contribution < 1.29 is 4.79 Å². The van der Waals surface area contributed by atoms with E-state index in [1.165, 1.54) is 32.1 Å². The molecule has 124 valence electrons. The highest BCUT2D eigenvalue weighted by Gasteiger charge is 2.25. The number of nitrogens with one attached hydrogen (secondary N) is 1. The van der Waals surface area contributed by atoms with Crippen LogP contribution in [0.1, 0.15) is 57.4 Å². The quantitative estimate of drug-likeness (QED) is 0.771. The molecule has 23 heavy (non-hydrogen) atoms. The lowest BCUT2D eigenvalue weighted by molar-refractivity contribution is -0.125. The molecule has 1 aromatic rings. The lowest BCUT2D eigenvalue weighted by Gasteiger charge is -2.27. The molecule has 0 saturated heterocycles. The number of hydrogen-bond donors (Lipinski definition) is 1. The molecular formula is C20H26ClNO. The lowest BCUT2D eigenvalue weighted by atomic mass is 9.79. The highest BCUT2D eigenvalue weighted by molar-refractivity contribution is 6.31. The highest BCUT2D eigenvalue weighted by Crippen LogP contribution is 2.31. The van der Waals surface area contributed by atoms with E-state index in [4.69, 9.17) is 11.6 Å². The fourth-order valence-electron chi connectivity index (χ4n) is 3.18. The van der Waals surface area contributed by atoms with Crippen LogP contribution in [0, 0.1) is 23.7 Å². The van der Waals surface area contributed by atoms with Gasteiger partial charge in [0.15, 0.2) is 0 Å². The van der Waals surface area contributed by atoms with Gasteiger partial charge in [0.2, 0.25) is 5.91 Å². The van der Waals surface area contributed by atoms with Gasteiger partial charge in [0, 0.05) is 11.5 Å². The van der Waals surface area contributed by atoms with E-state index in [2.05, 4.69) is 24.1 Å². The summed E-state index contributed by atoms with van der Waals surface area (Å²) >= 11 is 6.05. The molecule has 1 N–H and O–H groups in total. The van der Waals surface area contributed by atoms with Gasteiger partial charge in [-0.3, -0.25) is 4.79 Å². The molecule has 0 aromatic heterocycles. The van der Waals surface area contributed by atoms with Crippen LogP contribution < -0.4 is 5.32 Å². The molecule has 0 atom stereocenters. The second-order valence-electron chi connectivity index (χ2n) is 6.36. The van der Waals surface area contributed by atoms with Gasteiger partial charge in [0.1, 0.15) is 0 Å². The van der Waals surface area contributed by atoms with Crippen LogP contribution in [0.2, 0.25) is 5.02 Å². The zero-order valence-corrected chi connectivity index (χ0v) is 14.7. The van der Waals surface area contributed by atoms with E-state index < -0.39 is 0 Å². The Hall–Kier alpha value is -1.46. The number of unbranched alkanes of at least 4 members (excludes halogenated alkanes) is 1. The Labute approximate surface area is 145 Å². The van der Waals surface area contributed by atoms with Crippen molar-refractivity contribution in [2.75, 3.05) is 6.54 Å². The normalized spacial score (nSPS) is 20.4. The number of rotatable bonds is 5. The molecule has 1 aliphatic carbocycles. The number of carbonyl (C=O) groups is 1. The van der Waals surface area contributed by atoms with Crippen LogP contribution in [-0.4, -0.2) is 12.5 Å². The summed E-state index contributed by atoms with van der Waals surface area (Å²) < 4.78 is 0. The molecule has 0 radical (unpaired) electrons. The Morgan fingerprint density at radius 1 is 1.26 bits per heavy atom. The van der Waals surface area contributed by atoms with Gasteiger partial charge < -0.3 is 5.32 Å². The third-order valence-electron chi connectivity index (χ3n) is 4.63. The predicted octanol–water partition coefficient (Wildman–Crippen LogP) is 4.80. The lowest BCUT2D eigenvalue weighted by Crippen LogP contribution is -2.33. The van der Waals surface area contributed by atoms with Gasteiger partial charge in [-0.2, -0.15) is 0 Å². The maximum absolute atomic E-state index is 12.2. The van der Waals surface area contributed by atoms with Crippen LogP contribution in [0.4, 0.5) is 0 Å². The minimum atomic E-state index is 0.160. The first-order chi connectivity index (χ1) is 11.2. The number of amides is 1. The molecule has 2 nitrogen and oxygen atoms in total. The molecule has 1 saturated carbocycles. The van der Waals surface area contributed by atoms with Gasteiger partial charge in [-0.25, -0.2) is 0 Å². The minimum absolute atomic E-state index is 0.160. The van der Waals surface area contributed by atoms with Gasteiger partial charge in [0.25, 0.3) is 0 Å². The van der Waals surface area contributed by atoms with Crippen molar-refractivity contribution in [3.63, 3.8) is 0 Å². The zero-order chi connectivity index (χ0) is 16.5. The largest absolute Gasteiger partial charge is 0.345 e. The summed E-state index contributed by atoms with van der Waals surface area (Å²) in [4.78, 5) is 12.2. The molecule has 1 amide bonds. The van der Waals surface area contributed by atoms with Crippen molar-refractivity contribution in [3.05, 3.63) is 34.9 Å². The summed E-state index contributed by atoms with van der Waals surface area (Å²) in [6.07, 6.45) is 8.36. The average Bonchev–Trinajstić information content (AvgIpc) is 2.58. The Morgan fingerprint density at radius 2 is 2.00 bits per heavy atom. The molecule has 2 rings (SSSR count). The van der Waals surface area contributed by atoms with Crippen molar-refractivity contribution in [2.24, 2.45) is 11.8 Å². The second-order valence-corrected chi connectivity index (χ2v) is 6.77. The number of carbonyl (C=O) groups excluding carboxylic acids is 1. The van der Waals surface area contributed by atoms with Gasteiger partial charge in [-0.05, 0) is 43.7 Å². The van der Waals surface area contributed by atoms with E-state index in [0.29, 0.717) is 11.6 Å². The van der Waals surface area contributed by atoms with E-state index in [1.54, 1.807) is 0 Å². The van der Waals surface area contributed by atoms with E-state index in [-0.39, 0.29) is 11.8 Å². The van der Waals surface area contributed by atoms with Crippen LogP contribution in [-0.2, 0) is 4.79 Å². The fourth-order valence-corrected chi connectivity index (χ4v) is 3.37. The maximum Gasteiger partial charge on any atom is 0.223 e. The first kappa shape index (κ1) is 17.9. The molecular weight excluding hydrogens is 306 g/mol. The van der Waals surface area contributed by atoms with E-state index >= 15 is 0 Å². The fraction of sp³-hybridized carbons (Fsp3) is 0.550. The van der Waals surface area contributed by atoms with Crippen molar-refractivity contribution in [2.45, 2.75) is 51.9 Å². The molecule has 0 aliphatic heterocycles. The third-order valence-corrected chi connectivity index (χ3v) is 4.96. The highest BCUT2D eigenvalue weighted by atomic mass is 35.5. The van der Waals surface area contributed by atoms with E-state index in [0.717, 1.165) is 24.3 Å². The number of benzene rings is 1. The summed E-state index contributed by atoms with van der Waals surface area (Å²) in [6.45, 7) is 2.63. The van der Waals surface area contributed by atoms with Gasteiger partial charge in [-0.1, -0.05) is 61.8 Å². The number of hydrogen-bond acceptors (Lipinski definition) is 1. The average molecular weight is 332 g/mol. The molecule has 0 unspecified atom stereocenters. The molecule has 0 heterocycles. The molecule has 0 bridgehead atoms. The van der Waals surface area contributed by atoms with Crippen molar-refractivity contribution in [1.82, 2.24) is 5.32 Å². The Balaban J connectivity index is 1.71. The Morgan fingerprint density at radius 3 is 2.70 bits per heavy atom. The van der Waals surface area contributed by atoms with Crippen molar-refractivity contribution in [1.29, 1.82) is 0 Å². The first-order valence-corrected chi connectivity index (χ1v) is 9.09. The van der Waals surface area contributed by atoms with Crippen molar-refractivity contribution >= 4 is 17.5 Å². The van der Waals surface area contributed by atoms with E-state index in [1.807, 2.05) is 24.3 Å². The van der Waals surface area contributed by atoms with Crippen molar-refractivity contribution in [3.8, 4) is 11.8 Å². The molecule has 3 heteroatoms. The van der Waals surface area contributed by atoms with Crippen LogP contribution >= 0.6 is 11.6 Å². The van der Waals surface area contributed by atoms with Gasteiger partial charge in [0.05, 0.1) is 11.6 Å². The summed E-state index contributed by atoms with van der Waals surface area (Å²) in [5, 5.41) is 3.59. The molecule has 1 fully saturated rings. The first-order valence-electron chi connectivity index (χ1n) is 8.71. The summed E-state index contributed by atoms with van der Waals surface area (Å²) in [5.41, 5.74) is 0.805. The topological polar surface area (TPSA) is 29.1 Å². The predicted molar refractivity (Wildman–Crippen MR) is 96.3 cm³/mol. The Kier molecular flexibility index (Phi) is 7.49. The number of halogens is 1. The Bertz CT molecular complexity index is 564. The summed E-state index contributed by atoms with van der Waals surface area (Å²) in [5.74, 6) is 7.16. The second kappa shape index (κ2) is 9.63. The zero-order valence-electron chi connectivity index (χ0n) is 13.9. The van der Waals surface area contributed by atoms with Crippen LogP contribution in [0.15, 0.2) is 24.3 Å². The molecule has 0 spiro atoms. The van der Waals surface area contributed by atoms with Gasteiger partial charge >= 0.3 is 0 Å². The standard InChI is InChI=1S/C20H26ClNO/c1-2-3-7-16-11-13-18(14-12-16)20(23)22-15-6-9-17-8-4-5-10-19(17)21/h4-5,8,10,16,18H,2-3,7,11-15H2,1H3,(H,22,23). The van der Waals surface area contributed by atoms with Crippen LogP contribution in [0.5, 0.6) is 0 Å².